The molecule has 0 aliphatic rings. The molecule has 2 aromatic rings. The average molecular weight is 347 g/mol. The number of aromatic nitrogens is 1. The van der Waals surface area contributed by atoms with E-state index in [4.69, 9.17) is 0 Å². The Balaban J connectivity index is 2.02. The molecule has 0 amide bonds. The first-order valence-corrected chi connectivity index (χ1v) is 8.49. The van der Waals surface area contributed by atoms with Crippen molar-refractivity contribution in [3.8, 4) is 0 Å². The van der Waals surface area contributed by atoms with Crippen LogP contribution in [-0.2, 0) is 13.1 Å². The summed E-state index contributed by atoms with van der Waals surface area (Å²) in [5.41, 5.74) is 1.92. The van der Waals surface area contributed by atoms with Crippen LogP contribution in [0.15, 0.2) is 29.3 Å². The van der Waals surface area contributed by atoms with Crippen molar-refractivity contribution in [2.45, 2.75) is 33.9 Å². The van der Waals surface area contributed by atoms with Crippen LogP contribution in [0.5, 0.6) is 0 Å². The average Bonchev–Trinajstić information content (AvgIpc) is 2.88. The van der Waals surface area contributed by atoms with Gasteiger partial charge in [0, 0.05) is 23.6 Å². The maximum Gasteiger partial charge on any atom is 0.269 e. The predicted octanol–water partition coefficient (Wildman–Crippen LogP) is 2.92. The molecule has 2 N–H and O–H groups in total. The van der Waals surface area contributed by atoms with Crippen LogP contribution >= 0.6 is 11.3 Å². The van der Waals surface area contributed by atoms with Gasteiger partial charge in [-0.05, 0) is 26.3 Å². The zero-order chi connectivity index (χ0) is 17.5. The van der Waals surface area contributed by atoms with E-state index in [-0.39, 0.29) is 5.69 Å². The van der Waals surface area contributed by atoms with Crippen molar-refractivity contribution in [1.82, 2.24) is 15.6 Å². The van der Waals surface area contributed by atoms with Gasteiger partial charge in [-0.2, -0.15) is 0 Å². The molecule has 1 aromatic heterocycles. The van der Waals surface area contributed by atoms with E-state index >= 15 is 0 Å². The summed E-state index contributed by atoms with van der Waals surface area (Å²) in [6, 6.07) is 6.52. The number of nitrogens with zero attached hydrogens (tertiary/aromatic N) is 3. The van der Waals surface area contributed by atoms with Crippen LogP contribution in [0, 0.1) is 24.0 Å². The Labute approximate surface area is 145 Å². The number of hydrogen-bond donors (Lipinski definition) is 2. The quantitative estimate of drug-likeness (QED) is 0.363. The lowest BCUT2D eigenvalue weighted by atomic mass is 10.2. The lowest BCUT2D eigenvalue weighted by Crippen LogP contribution is -2.36. The maximum atomic E-state index is 10.8. The van der Waals surface area contributed by atoms with E-state index in [2.05, 4.69) is 27.5 Å². The summed E-state index contributed by atoms with van der Waals surface area (Å²) in [7, 11) is 0. The van der Waals surface area contributed by atoms with Crippen molar-refractivity contribution in [3.63, 3.8) is 0 Å². The molecule has 0 atom stereocenters. The highest BCUT2D eigenvalue weighted by Crippen LogP contribution is 2.16. The number of nitro groups is 1. The first-order chi connectivity index (χ1) is 11.5. The van der Waals surface area contributed by atoms with Gasteiger partial charge >= 0.3 is 0 Å². The summed E-state index contributed by atoms with van der Waals surface area (Å²) in [4.78, 5) is 20.6. The van der Waals surface area contributed by atoms with Gasteiger partial charge in [-0.25, -0.2) is 9.98 Å². The standard InChI is InChI=1S/C16H21N5O2S/c1-4-17-16(19-10-15-20-11(2)12(3)24-15)18-9-13-6-5-7-14(8-13)21(22)23/h5-8H,4,9-10H2,1-3H3,(H2,17,18,19). The van der Waals surface area contributed by atoms with Gasteiger partial charge in [0.2, 0.25) is 0 Å². The predicted molar refractivity (Wildman–Crippen MR) is 96.3 cm³/mol. The van der Waals surface area contributed by atoms with Gasteiger partial charge in [-0.15, -0.1) is 11.3 Å². The molecule has 0 aliphatic heterocycles. The zero-order valence-electron chi connectivity index (χ0n) is 14.0. The molecule has 0 aliphatic carbocycles. The minimum absolute atomic E-state index is 0.0781. The molecule has 2 rings (SSSR count). The van der Waals surface area contributed by atoms with Gasteiger partial charge in [0.05, 0.1) is 23.7 Å². The smallest absolute Gasteiger partial charge is 0.269 e. The lowest BCUT2D eigenvalue weighted by molar-refractivity contribution is -0.384. The topological polar surface area (TPSA) is 92.5 Å². The van der Waals surface area contributed by atoms with Crippen LogP contribution < -0.4 is 10.6 Å². The second-order valence-electron chi connectivity index (χ2n) is 5.22. The van der Waals surface area contributed by atoms with Crippen LogP contribution in [0.25, 0.3) is 0 Å². The number of hydrogen-bond acceptors (Lipinski definition) is 5. The van der Waals surface area contributed by atoms with E-state index in [1.54, 1.807) is 23.5 Å². The summed E-state index contributed by atoms with van der Waals surface area (Å²) in [6.45, 7) is 7.74. The summed E-state index contributed by atoms with van der Waals surface area (Å²) in [5, 5.41) is 18.2. The maximum absolute atomic E-state index is 10.8. The third-order valence-electron chi connectivity index (χ3n) is 3.37. The molecule has 0 bridgehead atoms. The van der Waals surface area contributed by atoms with Crippen molar-refractivity contribution < 1.29 is 4.92 Å². The number of benzene rings is 1. The molecule has 0 radical (unpaired) electrons. The third kappa shape index (κ3) is 5.02. The number of aliphatic imine (C=N–C) groups is 1. The van der Waals surface area contributed by atoms with Gasteiger partial charge in [0.25, 0.3) is 5.69 Å². The number of non-ortho nitro benzene ring substituents is 1. The Morgan fingerprint density at radius 2 is 2.17 bits per heavy atom. The molecule has 0 spiro atoms. The molecule has 0 saturated heterocycles. The van der Waals surface area contributed by atoms with Crippen molar-refractivity contribution in [3.05, 3.63) is 55.5 Å². The van der Waals surface area contributed by atoms with E-state index in [9.17, 15) is 10.1 Å². The summed E-state index contributed by atoms with van der Waals surface area (Å²) < 4.78 is 0. The zero-order valence-corrected chi connectivity index (χ0v) is 14.8. The van der Waals surface area contributed by atoms with Crippen LogP contribution in [0.3, 0.4) is 0 Å². The van der Waals surface area contributed by atoms with Crippen molar-refractivity contribution in [2.24, 2.45) is 4.99 Å². The first-order valence-electron chi connectivity index (χ1n) is 7.68. The molecule has 8 heteroatoms. The summed E-state index contributed by atoms with van der Waals surface area (Å²) in [5.74, 6) is 0.662. The SMILES string of the molecule is CCNC(=NCc1cccc([N+](=O)[O-])c1)NCc1nc(C)c(C)s1. The summed E-state index contributed by atoms with van der Waals surface area (Å²) in [6.07, 6.45) is 0. The fourth-order valence-electron chi connectivity index (χ4n) is 2.05. The Hall–Kier alpha value is -2.48. The fraction of sp³-hybridized carbons (Fsp3) is 0.375. The van der Waals surface area contributed by atoms with Gasteiger partial charge in [-0.1, -0.05) is 12.1 Å². The first kappa shape index (κ1) is 17.9. The van der Waals surface area contributed by atoms with E-state index in [0.29, 0.717) is 19.0 Å². The Morgan fingerprint density at radius 3 is 2.79 bits per heavy atom. The van der Waals surface area contributed by atoms with E-state index in [1.165, 1.54) is 10.9 Å². The minimum Gasteiger partial charge on any atom is -0.357 e. The molecule has 7 nitrogen and oxygen atoms in total. The third-order valence-corrected chi connectivity index (χ3v) is 4.44. The highest BCUT2D eigenvalue weighted by atomic mass is 32.1. The second-order valence-corrected chi connectivity index (χ2v) is 6.51. The van der Waals surface area contributed by atoms with Crippen LogP contribution in [-0.4, -0.2) is 22.4 Å². The molecular formula is C16H21N5O2S. The van der Waals surface area contributed by atoms with Crippen molar-refractivity contribution >= 4 is 23.0 Å². The van der Waals surface area contributed by atoms with Crippen LogP contribution in [0.4, 0.5) is 5.69 Å². The number of nitrogens with one attached hydrogen (secondary N) is 2. The second kappa shape index (κ2) is 8.39. The molecular weight excluding hydrogens is 326 g/mol. The van der Waals surface area contributed by atoms with E-state index < -0.39 is 4.92 Å². The number of guanidine groups is 1. The molecule has 24 heavy (non-hydrogen) atoms. The lowest BCUT2D eigenvalue weighted by Gasteiger charge is -2.10. The van der Waals surface area contributed by atoms with Gasteiger partial charge in [0.15, 0.2) is 5.96 Å². The molecule has 1 heterocycles. The fourth-order valence-corrected chi connectivity index (χ4v) is 2.93. The Kier molecular flexibility index (Phi) is 6.25. The van der Waals surface area contributed by atoms with Gasteiger partial charge in [0.1, 0.15) is 5.01 Å². The number of rotatable bonds is 6. The molecule has 0 fully saturated rings. The van der Waals surface area contributed by atoms with Crippen LogP contribution in [0.1, 0.15) is 28.1 Å². The van der Waals surface area contributed by atoms with Crippen LogP contribution in [0.2, 0.25) is 0 Å². The number of thiazole rings is 1. The molecule has 1 aromatic carbocycles. The molecule has 128 valence electrons. The highest BCUT2D eigenvalue weighted by Gasteiger charge is 2.07. The van der Waals surface area contributed by atoms with Gasteiger partial charge < -0.3 is 10.6 Å². The van der Waals surface area contributed by atoms with E-state index in [0.717, 1.165) is 22.8 Å². The Morgan fingerprint density at radius 1 is 1.38 bits per heavy atom. The van der Waals surface area contributed by atoms with E-state index in [1.807, 2.05) is 19.9 Å². The summed E-state index contributed by atoms with van der Waals surface area (Å²) >= 11 is 1.66. The minimum atomic E-state index is -0.399. The Bertz CT molecular complexity index is 722. The largest absolute Gasteiger partial charge is 0.357 e. The number of aryl methyl sites for hydroxylation is 2. The van der Waals surface area contributed by atoms with Crippen molar-refractivity contribution in [2.75, 3.05) is 6.54 Å². The highest BCUT2D eigenvalue weighted by molar-refractivity contribution is 7.11. The van der Waals surface area contributed by atoms with Crippen molar-refractivity contribution in [1.29, 1.82) is 0 Å². The number of nitro benzene ring substituents is 1. The van der Waals surface area contributed by atoms with Gasteiger partial charge in [-0.3, -0.25) is 10.1 Å². The normalized spacial score (nSPS) is 11.4. The molecule has 0 unspecified atom stereocenters. The molecule has 0 saturated carbocycles. The monoisotopic (exact) mass is 347 g/mol.